The Labute approximate surface area is 164 Å². The topological polar surface area (TPSA) is 56.7 Å². The molecule has 1 fully saturated rings. The third-order valence-corrected chi connectivity index (χ3v) is 6.44. The highest BCUT2D eigenvalue weighted by Crippen LogP contribution is 2.39. The van der Waals surface area contributed by atoms with Crippen LogP contribution in [-0.4, -0.2) is 19.7 Å². The van der Waals surface area contributed by atoms with Gasteiger partial charge in [-0.3, -0.25) is 0 Å². The fourth-order valence-electron chi connectivity index (χ4n) is 3.75. The molecular formula is C21H26N4OS. The first-order valence-electron chi connectivity index (χ1n) is 9.74. The summed E-state index contributed by atoms with van der Waals surface area (Å²) < 4.78 is 8.39. The molecule has 0 bridgehead atoms. The molecule has 0 N–H and O–H groups in total. The molecule has 0 saturated heterocycles. The summed E-state index contributed by atoms with van der Waals surface area (Å²) in [5, 5.41) is 9.64. The van der Waals surface area contributed by atoms with E-state index in [4.69, 9.17) is 9.40 Å². The van der Waals surface area contributed by atoms with E-state index in [0.717, 1.165) is 16.4 Å². The molecule has 1 atom stereocenters. The largest absolute Gasteiger partial charge is 0.419 e. The molecule has 0 aliphatic heterocycles. The van der Waals surface area contributed by atoms with Crippen molar-refractivity contribution in [2.75, 3.05) is 0 Å². The predicted octanol–water partition coefficient (Wildman–Crippen LogP) is 5.91. The highest BCUT2D eigenvalue weighted by atomic mass is 32.2. The summed E-state index contributed by atoms with van der Waals surface area (Å²) in [6.45, 7) is 6.40. The van der Waals surface area contributed by atoms with Crippen molar-refractivity contribution < 1.29 is 4.42 Å². The number of hydrogen-bond donors (Lipinski definition) is 0. The van der Waals surface area contributed by atoms with Crippen LogP contribution in [0.2, 0.25) is 0 Å². The Bertz CT molecular complexity index is 896. The minimum Gasteiger partial charge on any atom is -0.419 e. The number of aromatic nitrogens is 4. The van der Waals surface area contributed by atoms with Crippen molar-refractivity contribution in [1.29, 1.82) is 0 Å². The molecule has 27 heavy (non-hydrogen) atoms. The Morgan fingerprint density at radius 3 is 2.56 bits per heavy atom. The second-order valence-electron chi connectivity index (χ2n) is 7.30. The van der Waals surface area contributed by atoms with Gasteiger partial charge in [-0.2, -0.15) is 0 Å². The van der Waals surface area contributed by atoms with Crippen molar-refractivity contribution in [2.24, 2.45) is 0 Å². The number of aryl methyl sites for hydroxylation is 1. The normalized spacial score (nSPS) is 16.6. The fraction of sp³-hybridized carbons (Fsp3) is 0.476. The average molecular weight is 383 g/mol. The molecule has 0 radical (unpaired) electrons. The minimum atomic E-state index is 0.0542. The molecule has 2 heterocycles. The third kappa shape index (κ3) is 3.81. The first kappa shape index (κ1) is 18.3. The molecule has 0 amide bonds. The van der Waals surface area contributed by atoms with Crippen LogP contribution >= 0.6 is 11.8 Å². The maximum Gasteiger partial charge on any atom is 0.247 e. The van der Waals surface area contributed by atoms with Crippen LogP contribution in [0.25, 0.3) is 11.5 Å². The molecule has 3 aromatic rings. The van der Waals surface area contributed by atoms with Gasteiger partial charge in [0.05, 0.1) is 10.9 Å². The van der Waals surface area contributed by atoms with Crippen LogP contribution in [0.1, 0.15) is 67.6 Å². The molecule has 1 unspecified atom stereocenters. The maximum atomic E-state index is 5.95. The second-order valence-corrected chi connectivity index (χ2v) is 8.61. The lowest BCUT2D eigenvalue weighted by Gasteiger charge is -2.26. The van der Waals surface area contributed by atoms with Crippen LogP contribution in [0.5, 0.6) is 0 Å². The maximum absolute atomic E-state index is 5.95. The third-order valence-electron chi connectivity index (χ3n) is 5.39. The lowest BCUT2D eigenvalue weighted by Crippen LogP contribution is -2.15. The molecule has 5 nitrogen and oxygen atoms in total. The second kappa shape index (κ2) is 7.89. The molecule has 0 spiro atoms. The zero-order valence-electron chi connectivity index (χ0n) is 16.2. The summed E-state index contributed by atoms with van der Waals surface area (Å²) in [4.78, 5) is 4.85. The van der Waals surface area contributed by atoms with Crippen LogP contribution in [-0.2, 0) is 0 Å². The Kier molecular flexibility index (Phi) is 5.34. The standard InChI is InChI=1S/C21H26N4OS/c1-14-15(2)25(18-12-8-5-9-13-18)21(22-14)27-16(3)19-23-24-20(26-19)17-10-6-4-7-11-17/h4,6-7,10-11,16,18H,5,8-9,12-13H2,1-3H3. The summed E-state index contributed by atoms with van der Waals surface area (Å²) in [5.74, 6) is 1.22. The highest BCUT2D eigenvalue weighted by Gasteiger charge is 2.25. The summed E-state index contributed by atoms with van der Waals surface area (Å²) in [5.41, 5.74) is 3.35. The number of nitrogens with zero attached hydrogens (tertiary/aromatic N) is 4. The minimum absolute atomic E-state index is 0.0542. The van der Waals surface area contributed by atoms with Crippen molar-refractivity contribution in [2.45, 2.75) is 69.3 Å². The highest BCUT2D eigenvalue weighted by molar-refractivity contribution is 7.99. The molecule has 142 valence electrons. The molecule has 1 saturated carbocycles. The van der Waals surface area contributed by atoms with Crippen LogP contribution in [0.15, 0.2) is 39.9 Å². The van der Waals surface area contributed by atoms with Gasteiger partial charge in [0.2, 0.25) is 11.8 Å². The van der Waals surface area contributed by atoms with Gasteiger partial charge < -0.3 is 8.98 Å². The van der Waals surface area contributed by atoms with Crippen molar-refractivity contribution in [3.8, 4) is 11.5 Å². The Balaban J connectivity index is 1.56. The van der Waals surface area contributed by atoms with E-state index < -0.39 is 0 Å². The fourth-order valence-corrected chi connectivity index (χ4v) is 4.85. The van der Waals surface area contributed by atoms with Crippen LogP contribution in [0.4, 0.5) is 0 Å². The van der Waals surface area contributed by atoms with Gasteiger partial charge in [-0.25, -0.2) is 4.98 Å². The van der Waals surface area contributed by atoms with Crippen LogP contribution in [0, 0.1) is 13.8 Å². The average Bonchev–Trinajstić information content (AvgIpc) is 3.29. The predicted molar refractivity (Wildman–Crippen MR) is 108 cm³/mol. The van der Waals surface area contributed by atoms with E-state index in [9.17, 15) is 0 Å². The molecule has 1 aliphatic rings. The first-order chi connectivity index (χ1) is 13.1. The Morgan fingerprint density at radius 2 is 1.81 bits per heavy atom. The summed E-state index contributed by atoms with van der Waals surface area (Å²) >= 11 is 1.72. The number of benzene rings is 1. The lowest BCUT2D eigenvalue weighted by atomic mass is 9.95. The van der Waals surface area contributed by atoms with E-state index in [2.05, 4.69) is 35.5 Å². The van der Waals surface area contributed by atoms with E-state index in [1.165, 1.54) is 37.8 Å². The van der Waals surface area contributed by atoms with E-state index in [1.54, 1.807) is 11.8 Å². The van der Waals surface area contributed by atoms with Gasteiger partial charge in [0.25, 0.3) is 0 Å². The zero-order valence-corrected chi connectivity index (χ0v) is 17.0. The number of imidazole rings is 1. The van der Waals surface area contributed by atoms with E-state index in [0.29, 0.717) is 17.8 Å². The zero-order chi connectivity index (χ0) is 18.8. The molecule has 1 aromatic carbocycles. The Hall–Kier alpha value is -2.08. The van der Waals surface area contributed by atoms with Crippen molar-refractivity contribution in [1.82, 2.24) is 19.7 Å². The summed E-state index contributed by atoms with van der Waals surface area (Å²) in [6, 6.07) is 10.5. The van der Waals surface area contributed by atoms with Crippen molar-refractivity contribution in [3.63, 3.8) is 0 Å². The number of thioether (sulfide) groups is 1. The van der Waals surface area contributed by atoms with Gasteiger partial charge in [-0.15, -0.1) is 10.2 Å². The molecular weight excluding hydrogens is 356 g/mol. The van der Waals surface area contributed by atoms with Crippen LogP contribution in [0.3, 0.4) is 0 Å². The van der Waals surface area contributed by atoms with Crippen LogP contribution < -0.4 is 0 Å². The first-order valence-corrected chi connectivity index (χ1v) is 10.6. The van der Waals surface area contributed by atoms with E-state index in [-0.39, 0.29) is 5.25 Å². The summed E-state index contributed by atoms with van der Waals surface area (Å²) in [7, 11) is 0. The number of rotatable bonds is 5. The molecule has 6 heteroatoms. The quantitative estimate of drug-likeness (QED) is 0.514. The van der Waals surface area contributed by atoms with Crippen molar-refractivity contribution >= 4 is 11.8 Å². The molecule has 4 rings (SSSR count). The van der Waals surface area contributed by atoms with Gasteiger partial charge in [-0.1, -0.05) is 49.2 Å². The van der Waals surface area contributed by atoms with Gasteiger partial charge in [-0.05, 0) is 45.7 Å². The lowest BCUT2D eigenvalue weighted by molar-refractivity contribution is 0.332. The molecule has 1 aliphatic carbocycles. The van der Waals surface area contributed by atoms with E-state index in [1.807, 2.05) is 30.3 Å². The van der Waals surface area contributed by atoms with Gasteiger partial charge >= 0.3 is 0 Å². The van der Waals surface area contributed by atoms with Gasteiger partial charge in [0.1, 0.15) is 0 Å². The van der Waals surface area contributed by atoms with Gasteiger partial charge in [0, 0.05) is 17.3 Å². The number of hydrogen-bond acceptors (Lipinski definition) is 5. The van der Waals surface area contributed by atoms with Crippen molar-refractivity contribution in [3.05, 3.63) is 47.6 Å². The smallest absolute Gasteiger partial charge is 0.247 e. The van der Waals surface area contributed by atoms with Gasteiger partial charge in [0.15, 0.2) is 5.16 Å². The Morgan fingerprint density at radius 1 is 1.07 bits per heavy atom. The van der Waals surface area contributed by atoms with E-state index >= 15 is 0 Å². The summed E-state index contributed by atoms with van der Waals surface area (Å²) in [6.07, 6.45) is 6.47. The molecule has 2 aromatic heterocycles. The SMILES string of the molecule is Cc1nc(SC(C)c2nnc(-c3ccccc3)o2)n(C2CCCCC2)c1C. The monoisotopic (exact) mass is 382 g/mol.